The van der Waals surface area contributed by atoms with Crippen molar-refractivity contribution in [3.05, 3.63) is 23.3 Å². The highest BCUT2D eigenvalue weighted by atomic mass is 16.4. The second-order valence-electron chi connectivity index (χ2n) is 4.69. The number of rotatable bonds is 3. The number of aliphatic hydroxyl groups is 1. The van der Waals surface area contributed by atoms with Gasteiger partial charge in [-0.05, 0) is 37.2 Å². The molecule has 0 aromatic heterocycles. The predicted octanol–water partition coefficient (Wildman–Crippen LogP) is 2.12. The standard InChI is InChI=1S/C13H18O3/c1-2-10(13(15)16)12-5-3-8-7-9(14)4-6-11(8)12/h4,6,9-10,12,14H,2-3,5,7H2,1H3,(H,15,16)/t9?,10-,12-/m0/s1. The monoisotopic (exact) mass is 222 g/mol. The fraction of sp³-hybridized carbons (Fsp3) is 0.615. The first-order chi connectivity index (χ1) is 7.63. The molecule has 3 nitrogen and oxygen atoms in total. The molecule has 88 valence electrons. The molecule has 3 atom stereocenters. The molecule has 2 rings (SSSR count). The lowest BCUT2D eigenvalue weighted by Gasteiger charge is -2.22. The van der Waals surface area contributed by atoms with Crippen molar-refractivity contribution in [3.8, 4) is 0 Å². The van der Waals surface area contributed by atoms with Crippen LogP contribution in [0.2, 0.25) is 0 Å². The summed E-state index contributed by atoms with van der Waals surface area (Å²) in [5.41, 5.74) is 2.44. The fourth-order valence-corrected chi connectivity index (χ4v) is 2.94. The predicted molar refractivity (Wildman–Crippen MR) is 60.9 cm³/mol. The van der Waals surface area contributed by atoms with Gasteiger partial charge in [-0.1, -0.05) is 24.6 Å². The molecule has 0 aliphatic heterocycles. The molecule has 0 spiro atoms. The third-order valence-electron chi connectivity index (χ3n) is 3.76. The average Bonchev–Trinajstić information content (AvgIpc) is 2.62. The van der Waals surface area contributed by atoms with E-state index in [0.717, 1.165) is 12.8 Å². The van der Waals surface area contributed by atoms with Crippen LogP contribution in [0.25, 0.3) is 0 Å². The Labute approximate surface area is 95.5 Å². The minimum atomic E-state index is -0.694. The van der Waals surface area contributed by atoms with Crippen molar-refractivity contribution in [2.75, 3.05) is 0 Å². The SMILES string of the molecule is CC[C@H](C(=O)O)[C@@H]1CCC2=C1C=CC(O)C2. The van der Waals surface area contributed by atoms with Gasteiger partial charge in [-0.15, -0.1) is 0 Å². The van der Waals surface area contributed by atoms with Crippen LogP contribution in [0.15, 0.2) is 23.3 Å². The van der Waals surface area contributed by atoms with Crippen LogP contribution in [0.4, 0.5) is 0 Å². The summed E-state index contributed by atoms with van der Waals surface area (Å²) < 4.78 is 0. The Morgan fingerprint density at radius 1 is 1.62 bits per heavy atom. The highest BCUT2D eigenvalue weighted by molar-refractivity contribution is 5.71. The van der Waals surface area contributed by atoms with Crippen LogP contribution in [0, 0.1) is 11.8 Å². The lowest BCUT2D eigenvalue weighted by atomic mass is 9.83. The first kappa shape index (κ1) is 11.4. The van der Waals surface area contributed by atoms with Crippen molar-refractivity contribution < 1.29 is 15.0 Å². The molecule has 0 fully saturated rings. The van der Waals surface area contributed by atoms with Gasteiger partial charge in [0.25, 0.3) is 0 Å². The van der Waals surface area contributed by atoms with Crippen LogP contribution in [0.3, 0.4) is 0 Å². The van der Waals surface area contributed by atoms with Crippen molar-refractivity contribution >= 4 is 5.97 Å². The van der Waals surface area contributed by atoms with E-state index in [9.17, 15) is 15.0 Å². The van der Waals surface area contributed by atoms with Crippen molar-refractivity contribution in [2.24, 2.45) is 11.8 Å². The average molecular weight is 222 g/mol. The second kappa shape index (κ2) is 4.42. The van der Waals surface area contributed by atoms with Gasteiger partial charge in [0.1, 0.15) is 0 Å². The van der Waals surface area contributed by atoms with Gasteiger partial charge in [0.15, 0.2) is 0 Å². The van der Waals surface area contributed by atoms with Gasteiger partial charge in [-0.25, -0.2) is 0 Å². The summed E-state index contributed by atoms with van der Waals surface area (Å²) in [6, 6.07) is 0. The maximum absolute atomic E-state index is 11.2. The largest absolute Gasteiger partial charge is 0.481 e. The summed E-state index contributed by atoms with van der Waals surface area (Å²) in [5.74, 6) is -0.811. The molecule has 0 radical (unpaired) electrons. The molecule has 0 amide bonds. The molecular formula is C13H18O3. The van der Waals surface area contributed by atoms with Gasteiger partial charge < -0.3 is 10.2 Å². The van der Waals surface area contributed by atoms with E-state index in [1.165, 1.54) is 11.1 Å². The Balaban J connectivity index is 2.20. The van der Waals surface area contributed by atoms with Gasteiger partial charge in [-0.2, -0.15) is 0 Å². The van der Waals surface area contributed by atoms with Crippen LogP contribution < -0.4 is 0 Å². The van der Waals surface area contributed by atoms with E-state index in [2.05, 4.69) is 0 Å². The van der Waals surface area contributed by atoms with Crippen LogP contribution in [-0.2, 0) is 4.79 Å². The van der Waals surface area contributed by atoms with E-state index in [1.807, 2.05) is 13.0 Å². The fourth-order valence-electron chi connectivity index (χ4n) is 2.94. The normalized spacial score (nSPS) is 30.4. The molecule has 0 heterocycles. The third-order valence-corrected chi connectivity index (χ3v) is 3.76. The molecule has 0 aromatic carbocycles. The molecule has 0 saturated heterocycles. The van der Waals surface area contributed by atoms with Crippen LogP contribution in [0.5, 0.6) is 0 Å². The molecule has 16 heavy (non-hydrogen) atoms. The lowest BCUT2D eigenvalue weighted by molar-refractivity contribution is -0.143. The van der Waals surface area contributed by atoms with E-state index in [1.54, 1.807) is 6.08 Å². The summed E-state index contributed by atoms with van der Waals surface area (Å²) in [7, 11) is 0. The topological polar surface area (TPSA) is 57.5 Å². The van der Waals surface area contributed by atoms with E-state index >= 15 is 0 Å². The van der Waals surface area contributed by atoms with E-state index in [0.29, 0.717) is 12.8 Å². The third kappa shape index (κ3) is 1.92. The molecule has 0 saturated carbocycles. The lowest BCUT2D eigenvalue weighted by Crippen LogP contribution is -2.23. The number of aliphatic hydroxyl groups excluding tert-OH is 1. The summed E-state index contributed by atoms with van der Waals surface area (Å²) in [5, 5.41) is 18.7. The molecule has 2 N–H and O–H groups in total. The first-order valence-corrected chi connectivity index (χ1v) is 5.94. The highest BCUT2D eigenvalue weighted by Gasteiger charge is 2.35. The minimum absolute atomic E-state index is 0.154. The van der Waals surface area contributed by atoms with Crippen LogP contribution in [0.1, 0.15) is 32.6 Å². The molecule has 0 aromatic rings. The summed E-state index contributed by atoms with van der Waals surface area (Å²) >= 11 is 0. The smallest absolute Gasteiger partial charge is 0.307 e. The molecule has 2 aliphatic carbocycles. The van der Waals surface area contributed by atoms with Crippen molar-refractivity contribution in [2.45, 2.75) is 38.7 Å². The Morgan fingerprint density at radius 3 is 3.00 bits per heavy atom. The number of hydrogen-bond donors (Lipinski definition) is 2. The molecular weight excluding hydrogens is 204 g/mol. The highest BCUT2D eigenvalue weighted by Crippen LogP contribution is 2.42. The quantitative estimate of drug-likeness (QED) is 0.769. The van der Waals surface area contributed by atoms with E-state index in [4.69, 9.17) is 0 Å². The first-order valence-electron chi connectivity index (χ1n) is 5.94. The van der Waals surface area contributed by atoms with Crippen LogP contribution in [-0.4, -0.2) is 22.3 Å². The zero-order valence-corrected chi connectivity index (χ0v) is 9.52. The Bertz CT molecular complexity index is 354. The zero-order valence-electron chi connectivity index (χ0n) is 9.52. The number of carbonyl (C=O) groups is 1. The van der Waals surface area contributed by atoms with Gasteiger partial charge in [0.05, 0.1) is 12.0 Å². The van der Waals surface area contributed by atoms with Gasteiger partial charge in [0, 0.05) is 0 Å². The number of carboxylic acids is 1. The molecule has 0 bridgehead atoms. The van der Waals surface area contributed by atoms with Crippen molar-refractivity contribution in [3.63, 3.8) is 0 Å². The second-order valence-corrected chi connectivity index (χ2v) is 4.69. The summed E-state index contributed by atoms with van der Waals surface area (Å²) in [4.78, 5) is 11.2. The van der Waals surface area contributed by atoms with Gasteiger partial charge >= 0.3 is 5.97 Å². The van der Waals surface area contributed by atoms with Crippen molar-refractivity contribution in [1.82, 2.24) is 0 Å². The maximum Gasteiger partial charge on any atom is 0.307 e. The molecule has 1 unspecified atom stereocenters. The summed E-state index contributed by atoms with van der Waals surface area (Å²) in [6.07, 6.45) is 6.59. The van der Waals surface area contributed by atoms with E-state index < -0.39 is 5.97 Å². The van der Waals surface area contributed by atoms with Crippen LogP contribution >= 0.6 is 0 Å². The summed E-state index contributed by atoms with van der Waals surface area (Å²) in [6.45, 7) is 1.93. The number of hydrogen-bond acceptors (Lipinski definition) is 2. The number of aliphatic carboxylic acids is 1. The number of allylic oxidation sites excluding steroid dienone is 2. The Hall–Kier alpha value is -1.09. The number of carboxylic acid groups (broad SMARTS) is 1. The van der Waals surface area contributed by atoms with Crippen molar-refractivity contribution in [1.29, 1.82) is 0 Å². The Morgan fingerprint density at radius 2 is 2.38 bits per heavy atom. The minimum Gasteiger partial charge on any atom is -0.481 e. The van der Waals surface area contributed by atoms with Gasteiger partial charge in [-0.3, -0.25) is 4.79 Å². The van der Waals surface area contributed by atoms with Gasteiger partial charge in [0.2, 0.25) is 0 Å². The molecule has 2 aliphatic rings. The molecule has 3 heteroatoms. The Kier molecular flexibility index (Phi) is 3.15. The van der Waals surface area contributed by atoms with E-state index in [-0.39, 0.29) is 17.9 Å². The maximum atomic E-state index is 11.2. The zero-order chi connectivity index (χ0) is 11.7.